The van der Waals surface area contributed by atoms with E-state index in [-0.39, 0.29) is 6.04 Å². The molecule has 2 heterocycles. The van der Waals surface area contributed by atoms with E-state index in [1.54, 1.807) is 0 Å². The summed E-state index contributed by atoms with van der Waals surface area (Å²) in [5, 5.41) is 12.6. The fourth-order valence-electron chi connectivity index (χ4n) is 2.24. The Bertz CT molecular complexity index is 576. The summed E-state index contributed by atoms with van der Waals surface area (Å²) >= 11 is 9.53. The number of nitrogens with one attached hydrogen (secondary N) is 1. The van der Waals surface area contributed by atoms with Crippen molar-refractivity contribution in [1.82, 2.24) is 20.1 Å². The SMILES string of the molecule is CC1NCCn2c(-c3cc(Cl)cc(Br)c3)nnc21. The van der Waals surface area contributed by atoms with Crippen LogP contribution in [-0.2, 0) is 6.54 Å². The van der Waals surface area contributed by atoms with Crippen LogP contribution in [0.4, 0.5) is 0 Å². The molecule has 1 unspecified atom stereocenters. The van der Waals surface area contributed by atoms with Crippen LogP contribution in [0.25, 0.3) is 11.4 Å². The molecule has 1 atom stereocenters. The Morgan fingerprint density at radius 1 is 1.39 bits per heavy atom. The van der Waals surface area contributed by atoms with E-state index in [1.165, 1.54) is 0 Å². The molecule has 18 heavy (non-hydrogen) atoms. The van der Waals surface area contributed by atoms with E-state index in [4.69, 9.17) is 11.6 Å². The molecule has 0 radical (unpaired) electrons. The lowest BCUT2D eigenvalue weighted by Gasteiger charge is -2.22. The van der Waals surface area contributed by atoms with Crippen LogP contribution < -0.4 is 5.32 Å². The van der Waals surface area contributed by atoms with Gasteiger partial charge in [-0.3, -0.25) is 0 Å². The first kappa shape index (κ1) is 12.1. The van der Waals surface area contributed by atoms with E-state index in [0.29, 0.717) is 5.02 Å². The fourth-order valence-corrected chi connectivity index (χ4v) is 3.10. The van der Waals surface area contributed by atoms with Crippen molar-refractivity contribution in [2.45, 2.75) is 19.5 Å². The van der Waals surface area contributed by atoms with Crippen molar-refractivity contribution < 1.29 is 0 Å². The van der Waals surface area contributed by atoms with Crippen molar-refractivity contribution >= 4 is 27.5 Å². The van der Waals surface area contributed by atoms with Gasteiger partial charge in [0.2, 0.25) is 0 Å². The largest absolute Gasteiger partial charge is 0.308 e. The summed E-state index contributed by atoms with van der Waals surface area (Å²) in [6.07, 6.45) is 0. The van der Waals surface area contributed by atoms with Gasteiger partial charge < -0.3 is 9.88 Å². The maximum atomic E-state index is 6.08. The number of aromatic nitrogens is 3. The highest BCUT2D eigenvalue weighted by Gasteiger charge is 2.22. The molecule has 0 bridgehead atoms. The highest BCUT2D eigenvalue weighted by atomic mass is 79.9. The number of hydrogen-bond donors (Lipinski definition) is 1. The Morgan fingerprint density at radius 2 is 2.22 bits per heavy atom. The number of fused-ring (bicyclic) bond motifs is 1. The number of benzene rings is 1. The Balaban J connectivity index is 2.12. The quantitative estimate of drug-likeness (QED) is 0.875. The van der Waals surface area contributed by atoms with Gasteiger partial charge in [-0.2, -0.15) is 0 Å². The molecule has 0 amide bonds. The lowest BCUT2D eigenvalue weighted by atomic mass is 10.2. The Morgan fingerprint density at radius 3 is 3.00 bits per heavy atom. The number of hydrogen-bond acceptors (Lipinski definition) is 3. The van der Waals surface area contributed by atoms with Crippen molar-refractivity contribution in [3.05, 3.63) is 33.5 Å². The first-order valence-corrected chi connectivity index (χ1v) is 6.95. The number of halogens is 2. The molecule has 0 spiro atoms. The summed E-state index contributed by atoms with van der Waals surface area (Å²) in [5.41, 5.74) is 0.988. The lowest BCUT2D eigenvalue weighted by Crippen LogP contribution is -2.32. The second kappa shape index (κ2) is 4.64. The molecule has 0 saturated carbocycles. The average Bonchev–Trinajstić information content (AvgIpc) is 2.73. The summed E-state index contributed by atoms with van der Waals surface area (Å²) in [7, 11) is 0. The van der Waals surface area contributed by atoms with E-state index in [2.05, 4.69) is 42.9 Å². The fraction of sp³-hybridized carbons (Fsp3) is 0.333. The predicted octanol–water partition coefficient (Wildman–Crippen LogP) is 3.03. The zero-order valence-electron chi connectivity index (χ0n) is 9.82. The third kappa shape index (κ3) is 2.06. The molecule has 94 valence electrons. The van der Waals surface area contributed by atoms with Gasteiger partial charge in [0.15, 0.2) is 5.82 Å². The summed E-state index contributed by atoms with van der Waals surface area (Å²) in [6.45, 7) is 3.91. The van der Waals surface area contributed by atoms with Gasteiger partial charge in [-0.15, -0.1) is 10.2 Å². The van der Waals surface area contributed by atoms with Gasteiger partial charge in [0.25, 0.3) is 0 Å². The molecule has 0 saturated heterocycles. The van der Waals surface area contributed by atoms with E-state index >= 15 is 0 Å². The Hall–Kier alpha value is -0.910. The van der Waals surface area contributed by atoms with Crippen LogP contribution in [0, 0.1) is 0 Å². The first-order chi connectivity index (χ1) is 8.65. The molecular formula is C12H12BrClN4. The van der Waals surface area contributed by atoms with Crippen molar-refractivity contribution in [3.8, 4) is 11.4 Å². The minimum atomic E-state index is 0.239. The molecule has 1 aromatic heterocycles. The zero-order chi connectivity index (χ0) is 12.7. The monoisotopic (exact) mass is 326 g/mol. The normalized spacial score (nSPS) is 18.7. The van der Waals surface area contributed by atoms with Crippen molar-refractivity contribution in [2.24, 2.45) is 0 Å². The van der Waals surface area contributed by atoms with Gasteiger partial charge in [-0.05, 0) is 25.1 Å². The van der Waals surface area contributed by atoms with Gasteiger partial charge in [-0.1, -0.05) is 27.5 Å². The van der Waals surface area contributed by atoms with Gasteiger partial charge in [0.05, 0.1) is 6.04 Å². The van der Waals surface area contributed by atoms with Crippen molar-refractivity contribution in [3.63, 3.8) is 0 Å². The van der Waals surface area contributed by atoms with E-state index in [9.17, 15) is 0 Å². The Labute approximate surface area is 118 Å². The van der Waals surface area contributed by atoms with Crippen LogP contribution in [0.1, 0.15) is 18.8 Å². The average molecular weight is 328 g/mol. The maximum absolute atomic E-state index is 6.08. The second-order valence-electron chi connectivity index (χ2n) is 4.37. The second-order valence-corrected chi connectivity index (χ2v) is 5.72. The molecule has 0 aliphatic carbocycles. The van der Waals surface area contributed by atoms with Crippen LogP contribution in [-0.4, -0.2) is 21.3 Å². The van der Waals surface area contributed by atoms with E-state index in [0.717, 1.165) is 34.8 Å². The summed E-state index contributed by atoms with van der Waals surface area (Å²) in [4.78, 5) is 0. The molecule has 2 aromatic rings. The molecule has 1 aliphatic rings. The molecule has 1 N–H and O–H groups in total. The molecule has 3 rings (SSSR count). The smallest absolute Gasteiger partial charge is 0.164 e. The van der Waals surface area contributed by atoms with Crippen molar-refractivity contribution in [2.75, 3.05) is 6.54 Å². The summed E-state index contributed by atoms with van der Waals surface area (Å²) < 4.78 is 3.10. The summed E-state index contributed by atoms with van der Waals surface area (Å²) in [5.74, 6) is 1.86. The minimum Gasteiger partial charge on any atom is -0.308 e. The molecular weight excluding hydrogens is 316 g/mol. The summed E-state index contributed by atoms with van der Waals surface area (Å²) in [6, 6.07) is 6.03. The van der Waals surface area contributed by atoms with Crippen LogP contribution in [0.2, 0.25) is 5.02 Å². The maximum Gasteiger partial charge on any atom is 0.164 e. The van der Waals surface area contributed by atoms with E-state index in [1.807, 2.05) is 18.2 Å². The standard InChI is InChI=1S/C12H12BrClN4/c1-7-11-16-17-12(18(11)3-2-15-7)8-4-9(13)6-10(14)5-8/h4-7,15H,2-3H2,1H3. The highest BCUT2D eigenvalue weighted by Crippen LogP contribution is 2.28. The van der Waals surface area contributed by atoms with Gasteiger partial charge in [0, 0.05) is 28.1 Å². The van der Waals surface area contributed by atoms with Gasteiger partial charge in [-0.25, -0.2) is 0 Å². The van der Waals surface area contributed by atoms with Crippen LogP contribution in [0.3, 0.4) is 0 Å². The number of nitrogens with zero attached hydrogens (tertiary/aromatic N) is 3. The van der Waals surface area contributed by atoms with Gasteiger partial charge in [0.1, 0.15) is 5.82 Å². The third-order valence-corrected chi connectivity index (χ3v) is 3.75. The Kier molecular flexibility index (Phi) is 3.13. The lowest BCUT2D eigenvalue weighted by molar-refractivity contribution is 0.439. The molecule has 6 heteroatoms. The van der Waals surface area contributed by atoms with E-state index < -0.39 is 0 Å². The highest BCUT2D eigenvalue weighted by molar-refractivity contribution is 9.10. The zero-order valence-corrected chi connectivity index (χ0v) is 12.2. The van der Waals surface area contributed by atoms with Crippen molar-refractivity contribution in [1.29, 1.82) is 0 Å². The molecule has 4 nitrogen and oxygen atoms in total. The van der Waals surface area contributed by atoms with Crippen LogP contribution >= 0.6 is 27.5 Å². The molecule has 0 fully saturated rings. The van der Waals surface area contributed by atoms with Crippen LogP contribution in [0.5, 0.6) is 0 Å². The molecule has 1 aromatic carbocycles. The third-order valence-electron chi connectivity index (χ3n) is 3.07. The molecule has 1 aliphatic heterocycles. The predicted molar refractivity (Wildman–Crippen MR) is 74.6 cm³/mol. The first-order valence-electron chi connectivity index (χ1n) is 5.78. The van der Waals surface area contributed by atoms with Crippen LogP contribution in [0.15, 0.2) is 22.7 Å². The topological polar surface area (TPSA) is 42.7 Å². The number of rotatable bonds is 1. The van der Waals surface area contributed by atoms with Gasteiger partial charge >= 0.3 is 0 Å². The minimum absolute atomic E-state index is 0.239.